The highest BCUT2D eigenvalue weighted by molar-refractivity contribution is 7.86. The maximum Gasteiger partial charge on any atom is 0.282 e. The van der Waals surface area contributed by atoms with Crippen LogP contribution in [0.3, 0.4) is 0 Å². The molecule has 0 bridgehead atoms. The van der Waals surface area contributed by atoms with Gasteiger partial charge >= 0.3 is 0 Å². The average Bonchev–Trinajstić information content (AvgIpc) is 3.12. The summed E-state index contributed by atoms with van der Waals surface area (Å²) in [5.74, 6) is 0.721. The molecule has 0 radical (unpaired) electrons. The molecule has 1 aromatic heterocycles. The molecular formula is C21H26N4O3S. The predicted molar refractivity (Wildman–Crippen MR) is 110 cm³/mol. The Morgan fingerprint density at radius 3 is 2.59 bits per heavy atom. The Morgan fingerprint density at radius 2 is 1.79 bits per heavy atom. The molecule has 1 spiro atoms. The van der Waals surface area contributed by atoms with Gasteiger partial charge in [-0.15, -0.1) is 0 Å². The van der Waals surface area contributed by atoms with Crippen molar-refractivity contribution < 1.29 is 13.2 Å². The molecule has 29 heavy (non-hydrogen) atoms. The first-order chi connectivity index (χ1) is 14.1. The van der Waals surface area contributed by atoms with Gasteiger partial charge in [0.05, 0.1) is 18.9 Å². The molecule has 2 aromatic rings. The van der Waals surface area contributed by atoms with Crippen molar-refractivity contribution in [3.63, 3.8) is 0 Å². The third-order valence-corrected chi connectivity index (χ3v) is 8.42. The fourth-order valence-corrected chi connectivity index (χ4v) is 6.60. The highest BCUT2D eigenvalue weighted by atomic mass is 32.2. The number of aryl methyl sites for hydroxylation is 1. The van der Waals surface area contributed by atoms with Crippen LogP contribution in [0.1, 0.15) is 30.5 Å². The van der Waals surface area contributed by atoms with Gasteiger partial charge < -0.3 is 4.74 Å². The van der Waals surface area contributed by atoms with E-state index in [9.17, 15) is 8.42 Å². The summed E-state index contributed by atoms with van der Waals surface area (Å²) in [6.45, 7) is 2.88. The molecule has 154 valence electrons. The molecule has 1 atom stereocenters. The van der Waals surface area contributed by atoms with E-state index >= 15 is 0 Å². The molecule has 5 rings (SSSR count). The average molecular weight is 415 g/mol. The fourth-order valence-electron chi connectivity index (χ4n) is 4.89. The maximum absolute atomic E-state index is 13.2. The Kier molecular flexibility index (Phi) is 4.90. The van der Waals surface area contributed by atoms with Crippen LogP contribution >= 0.6 is 0 Å². The van der Waals surface area contributed by atoms with Gasteiger partial charge in [-0.05, 0) is 31.2 Å². The third-order valence-electron chi connectivity index (χ3n) is 6.44. The maximum atomic E-state index is 13.2. The topological polar surface area (TPSA) is 75.6 Å². The Bertz CT molecular complexity index is 988. The Morgan fingerprint density at radius 1 is 1.00 bits per heavy atom. The number of fused-ring (bicyclic) bond motifs is 2. The van der Waals surface area contributed by atoms with E-state index in [0.29, 0.717) is 39.4 Å². The van der Waals surface area contributed by atoms with Crippen molar-refractivity contribution in [2.24, 2.45) is 0 Å². The van der Waals surface area contributed by atoms with Crippen molar-refractivity contribution in [2.45, 2.75) is 31.1 Å². The SMILES string of the molecule is O=S(=O)(N1CCOCC1)N1CCCC2(CCc3cnc(-c4ccccc4)nc32)C1. The van der Waals surface area contributed by atoms with Crippen LogP contribution in [-0.4, -0.2) is 66.4 Å². The van der Waals surface area contributed by atoms with Crippen LogP contribution in [0.2, 0.25) is 0 Å². The number of aromatic nitrogens is 2. The largest absolute Gasteiger partial charge is 0.379 e. The van der Waals surface area contributed by atoms with Crippen LogP contribution in [-0.2, 0) is 26.8 Å². The van der Waals surface area contributed by atoms with Gasteiger partial charge in [0, 0.05) is 43.4 Å². The second-order valence-corrected chi connectivity index (χ2v) is 10.1. The molecule has 8 heteroatoms. The van der Waals surface area contributed by atoms with E-state index in [0.717, 1.165) is 48.3 Å². The molecule has 0 amide bonds. The molecule has 1 aromatic carbocycles. The lowest BCUT2D eigenvalue weighted by atomic mass is 9.78. The van der Waals surface area contributed by atoms with E-state index in [2.05, 4.69) is 4.98 Å². The highest BCUT2D eigenvalue weighted by Crippen LogP contribution is 2.45. The number of piperidine rings is 1. The van der Waals surface area contributed by atoms with E-state index in [1.165, 1.54) is 0 Å². The summed E-state index contributed by atoms with van der Waals surface area (Å²) in [5.41, 5.74) is 2.99. The van der Waals surface area contributed by atoms with Gasteiger partial charge in [-0.3, -0.25) is 0 Å². The number of nitrogens with zero attached hydrogens (tertiary/aromatic N) is 4. The Labute approximate surface area is 171 Å². The molecule has 2 saturated heterocycles. The minimum atomic E-state index is -3.47. The number of ether oxygens (including phenoxy) is 1. The van der Waals surface area contributed by atoms with Gasteiger partial charge in [-0.1, -0.05) is 30.3 Å². The van der Waals surface area contributed by atoms with E-state index in [1.54, 1.807) is 8.61 Å². The van der Waals surface area contributed by atoms with E-state index in [4.69, 9.17) is 9.72 Å². The number of hydrogen-bond acceptors (Lipinski definition) is 5. The molecule has 2 aliphatic heterocycles. The van der Waals surface area contributed by atoms with Crippen molar-refractivity contribution in [3.05, 3.63) is 47.8 Å². The van der Waals surface area contributed by atoms with Crippen molar-refractivity contribution >= 4 is 10.2 Å². The molecule has 3 heterocycles. The van der Waals surface area contributed by atoms with Crippen molar-refractivity contribution in [3.8, 4) is 11.4 Å². The minimum absolute atomic E-state index is 0.209. The van der Waals surface area contributed by atoms with Crippen LogP contribution in [0.4, 0.5) is 0 Å². The predicted octanol–water partition coefficient (Wildman–Crippen LogP) is 2.00. The van der Waals surface area contributed by atoms with E-state index in [1.807, 2.05) is 36.5 Å². The number of benzene rings is 1. The number of hydrogen-bond donors (Lipinski definition) is 0. The van der Waals surface area contributed by atoms with Gasteiger partial charge in [-0.2, -0.15) is 17.0 Å². The van der Waals surface area contributed by atoms with E-state index < -0.39 is 10.2 Å². The summed E-state index contributed by atoms with van der Waals surface area (Å²) in [6, 6.07) is 9.98. The summed E-state index contributed by atoms with van der Waals surface area (Å²) in [5, 5.41) is 0. The zero-order chi connectivity index (χ0) is 19.9. The van der Waals surface area contributed by atoms with Crippen LogP contribution in [0.5, 0.6) is 0 Å². The van der Waals surface area contributed by atoms with Crippen LogP contribution in [0.25, 0.3) is 11.4 Å². The number of rotatable bonds is 3. The minimum Gasteiger partial charge on any atom is -0.379 e. The second kappa shape index (κ2) is 7.43. The first-order valence-corrected chi connectivity index (χ1v) is 11.7. The zero-order valence-electron chi connectivity index (χ0n) is 16.5. The normalized spacial score (nSPS) is 25.9. The zero-order valence-corrected chi connectivity index (χ0v) is 17.3. The Hall–Kier alpha value is -1.87. The monoisotopic (exact) mass is 414 g/mol. The van der Waals surface area contributed by atoms with Crippen LogP contribution < -0.4 is 0 Å². The lowest BCUT2D eigenvalue weighted by Gasteiger charge is -2.42. The van der Waals surface area contributed by atoms with Crippen molar-refractivity contribution in [1.29, 1.82) is 0 Å². The standard InChI is InChI=1S/C21H26N4O3S/c26-29(27,24-11-13-28-14-12-24)25-10-4-8-21(16-25)9-7-18-15-22-20(23-19(18)21)17-5-2-1-3-6-17/h1-3,5-6,15H,4,7-14,16H2. The summed E-state index contributed by atoms with van der Waals surface area (Å²) < 4.78 is 35.1. The molecule has 0 N–H and O–H groups in total. The second-order valence-electron chi connectivity index (χ2n) is 8.17. The highest BCUT2D eigenvalue weighted by Gasteiger charge is 2.47. The quantitative estimate of drug-likeness (QED) is 0.768. The summed E-state index contributed by atoms with van der Waals surface area (Å²) in [7, 11) is -3.47. The van der Waals surface area contributed by atoms with Gasteiger partial charge in [0.15, 0.2) is 5.82 Å². The van der Waals surface area contributed by atoms with E-state index in [-0.39, 0.29) is 5.41 Å². The van der Waals surface area contributed by atoms with Gasteiger partial charge in [0.1, 0.15) is 0 Å². The Balaban J connectivity index is 1.46. The van der Waals surface area contributed by atoms with Gasteiger partial charge in [0.25, 0.3) is 10.2 Å². The lowest BCUT2D eigenvalue weighted by molar-refractivity contribution is 0.0685. The fraction of sp³-hybridized carbons (Fsp3) is 0.524. The molecule has 7 nitrogen and oxygen atoms in total. The van der Waals surface area contributed by atoms with Gasteiger partial charge in [0.2, 0.25) is 0 Å². The van der Waals surface area contributed by atoms with Crippen LogP contribution in [0.15, 0.2) is 36.5 Å². The molecule has 1 aliphatic carbocycles. The lowest BCUT2D eigenvalue weighted by Crippen LogP contribution is -2.54. The smallest absolute Gasteiger partial charge is 0.282 e. The molecule has 3 aliphatic rings. The molecule has 0 saturated carbocycles. The van der Waals surface area contributed by atoms with Crippen molar-refractivity contribution in [1.82, 2.24) is 18.6 Å². The molecular weight excluding hydrogens is 388 g/mol. The summed E-state index contributed by atoms with van der Waals surface area (Å²) in [6.07, 6.45) is 5.61. The summed E-state index contributed by atoms with van der Waals surface area (Å²) >= 11 is 0. The third kappa shape index (κ3) is 3.38. The van der Waals surface area contributed by atoms with Crippen molar-refractivity contribution in [2.75, 3.05) is 39.4 Å². The summed E-state index contributed by atoms with van der Waals surface area (Å²) in [4.78, 5) is 9.54. The van der Waals surface area contributed by atoms with Gasteiger partial charge in [-0.25, -0.2) is 9.97 Å². The number of morpholine rings is 1. The first kappa shape index (κ1) is 19.1. The first-order valence-electron chi connectivity index (χ1n) is 10.3. The van der Waals surface area contributed by atoms with Crippen LogP contribution in [0, 0.1) is 0 Å². The molecule has 2 fully saturated rings. The molecule has 1 unspecified atom stereocenters.